The Labute approximate surface area is 138 Å². The minimum Gasteiger partial charge on any atom is -0.377 e. The van der Waals surface area contributed by atoms with Crippen LogP contribution < -0.4 is 4.90 Å². The largest absolute Gasteiger partial charge is 0.377 e. The van der Waals surface area contributed by atoms with Gasteiger partial charge in [-0.1, -0.05) is 24.3 Å². The van der Waals surface area contributed by atoms with Crippen molar-refractivity contribution >= 4 is 22.7 Å². The number of hydrogen-bond donors (Lipinski definition) is 0. The maximum absolute atomic E-state index is 4.61. The normalized spacial score (nSPS) is 11.0. The first-order valence-electron chi connectivity index (χ1n) is 7.38. The summed E-state index contributed by atoms with van der Waals surface area (Å²) >= 11 is 1.72. The molecule has 114 valence electrons. The van der Waals surface area contributed by atoms with Gasteiger partial charge in [0.15, 0.2) is 5.65 Å². The van der Waals surface area contributed by atoms with Crippen molar-refractivity contribution in [3.8, 4) is 21.8 Å². The van der Waals surface area contributed by atoms with Crippen LogP contribution in [-0.4, -0.2) is 28.5 Å². The van der Waals surface area contributed by atoms with E-state index in [9.17, 15) is 0 Å². The molecule has 0 N–H and O–H groups in total. The number of rotatable bonds is 3. The first kappa shape index (κ1) is 14.0. The van der Waals surface area contributed by atoms with E-state index < -0.39 is 0 Å². The number of benzene rings is 1. The zero-order valence-corrected chi connectivity index (χ0v) is 13.8. The molecule has 0 fully saturated rings. The van der Waals surface area contributed by atoms with E-state index in [0.717, 1.165) is 28.3 Å². The quantitative estimate of drug-likeness (QED) is 0.567. The molecule has 1 aromatic carbocycles. The van der Waals surface area contributed by atoms with E-state index in [1.165, 1.54) is 4.88 Å². The monoisotopic (exact) mass is 320 g/mol. The van der Waals surface area contributed by atoms with E-state index in [-0.39, 0.29) is 0 Å². The fourth-order valence-corrected chi connectivity index (χ4v) is 3.45. The molecule has 0 spiro atoms. The van der Waals surface area contributed by atoms with Crippen molar-refractivity contribution in [2.45, 2.75) is 0 Å². The molecule has 4 aromatic rings. The van der Waals surface area contributed by atoms with E-state index in [1.807, 2.05) is 38.6 Å². The molecule has 0 aliphatic rings. The van der Waals surface area contributed by atoms with Gasteiger partial charge in [0.2, 0.25) is 0 Å². The third-order valence-electron chi connectivity index (χ3n) is 3.83. The molecule has 0 saturated carbocycles. The Morgan fingerprint density at radius 3 is 2.65 bits per heavy atom. The lowest BCUT2D eigenvalue weighted by Gasteiger charge is -2.17. The van der Waals surface area contributed by atoms with Gasteiger partial charge in [-0.2, -0.15) is 0 Å². The average molecular weight is 320 g/mol. The summed E-state index contributed by atoms with van der Waals surface area (Å²) in [6.45, 7) is 0. The van der Waals surface area contributed by atoms with Crippen LogP contribution in [0.4, 0.5) is 5.69 Å². The highest BCUT2D eigenvalue weighted by atomic mass is 32.1. The molecule has 0 bridgehead atoms. The smallest absolute Gasteiger partial charge is 0.155 e. The molecule has 23 heavy (non-hydrogen) atoms. The van der Waals surface area contributed by atoms with Gasteiger partial charge in [-0.25, -0.2) is 4.98 Å². The first-order valence-corrected chi connectivity index (χ1v) is 8.26. The Morgan fingerprint density at radius 1 is 1.00 bits per heavy atom. The fourth-order valence-electron chi connectivity index (χ4n) is 2.72. The van der Waals surface area contributed by atoms with Crippen LogP contribution in [0.25, 0.3) is 27.5 Å². The standard InChI is InChI=1S/C18H16N4S/c1-21(2)15-7-4-3-6-13(15)14-12-22-16(17-8-5-9-23-17)10-20-18(22)11-19-14/h3-12H,1-2H3. The third kappa shape index (κ3) is 2.39. The summed E-state index contributed by atoms with van der Waals surface area (Å²) < 4.78 is 2.11. The van der Waals surface area contributed by atoms with Crippen molar-refractivity contribution in [3.63, 3.8) is 0 Å². The SMILES string of the molecule is CN(C)c1ccccc1-c1cn2c(-c3cccs3)cnc2cn1. The molecule has 0 saturated heterocycles. The highest BCUT2D eigenvalue weighted by molar-refractivity contribution is 7.13. The van der Waals surface area contributed by atoms with Gasteiger partial charge in [-0.3, -0.25) is 9.38 Å². The van der Waals surface area contributed by atoms with Gasteiger partial charge < -0.3 is 4.90 Å². The predicted molar refractivity (Wildman–Crippen MR) is 96.1 cm³/mol. The third-order valence-corrected chi connectivity index (χ3v) is 4.72. The molecule has 0 atom stereocenters. The van der Waals surface area contributed by atoms with Crippen molar-refractivity contribution < 1.29 is 0 Å². The van der Waals surface area contributed by atoms with Crippen molar-refractivity contribution in [1.82, 2.24) is 14.4 Å². The number of aromatic nitrogens is 3. The zero-order chi connectivity index (χ0) is 15.8. The number of para-hydroxylation sites is 1. The summed E-state index contributed by atoms with van der Waals surface area (Å²) in [6.07, 6.45) is 5.81. The van der Waals surface area contributed by atoms with E-state index in [2.05, 4.69) is 55.1 Å². The Balaban J connectivity index is 1.91. The van der Waals surface area contributed by atoms with E-state index in [0.29, 0.717) is 0 Å². The van der Waals surface area contributed by atoms with Crippen LogP contribution in [0.15, 0.2) is 60.4 Å². The van der Waals surface area contributed by atoms with E-state index in [4.69, 9.17) is 0 Å². The van der Waals surface area contributed by atoms with Crippen LogP contribution in [-0.2, 0) is 0 Å². The number of hydrogen-bond acceptors (Lipinski definition) is 4. The van der Waals surface area contributed by atoms with Crippen molar-refractivity contribution in [1.29, 1.82) is 0 Å². The van der Waals surface area contributed by atoms with Gasteiger partial charge in [0.25, 0.3) is 0 Å². The Hall–Kier alpha value is -2.66. The molecule has 0 aliphatic carbocycles. The van der Waals surface area contributed by atoms with Gasteiger partial charge in [0.05, 0.1) is 28.7 Å². The van der Waals surface area contributed by atoms with Crippen LogP contribution >= 0.6 is 11.3 Å². The lowest BCUT2D eigenvalue weighted by atomic mass is 10.1. The number of imidazole rings is 1. The minimum atomic E-state index is 0.861. The zero-order valence-electron chi connectivity index (χ0n) is 13.0. The molecule has 5 heteroatoms. The summed E-state index contributed by atoms with van der Waals surface area (Å²) in [4.78, 5) is 12.4. The highest BCUT2D eigenvalue weighted by Crippen LogP contribution is 2.30. The van der Waals surface area contributed by atoms with Crippen LogP contribution in [0.3, 0.4) is 0 Å². The van der Waals surface area contributed by atoms with Gasteiger partial charge in [-0.15, -0.1) is 11.3 Å². The molecule has 3 heterocycles. The van der Waals surface area contributed by atoms with E-state index >= 15 is 0 Å². The summed E-state index contributed by atoms with van der Waals surface area (Å²) in [7, 11) is 4.09. The molecule has 0 amide bonds. The molecule has 4 nitrogen and oxygen atoms in total. The molecular formula is C18H16N4S. The maximum Gasteiger partial charge on any atom is 0.155 e. The predicted octanol–water partition coefficient (Wildman–Crippen LogP) is 4.19. The summed E-state index contributed by atoms with van der Waals surface area (Å²) in [6, 6.07) is 12.5. The second-order valence-electron chi connectivity index (χ2n) is 5.53. The number of nitrogens with zero attached hydrogens (tertiary/aromatic N) is 4. The highest BCUT2D eigenvalue weighted by Gasteiger charge is 2.11. The molecule has 0 radical (unpaired) electrons. The van der Waals surface area contributed by atoms with E-state index in [1.54, 1.807) is 11.3 Å². The Bertz CT molecular complexity index is 954. The first-order chi connectivity index (χ1) is 11.2. The van der Waals surface area contributed by atoms with Gasteiger partial charge in [0, 0.05) is 31.5 Å². The van der Waals surface area contributed by atoms with Crippen LogP contribution in [0.2, 0.25) is 0 Å². The van der Waals surface area contributed by atoms with Crippen LogP contribution in [0, 0.1) is 0 Å². The number of thiophene rings is 1. The molecular weight excluding hydrogens is 304 g/mol. The van der Waals surface area contributed by atoms with Crippen molar-refractivity contribution in [2.75, 3.05) is 19.0 Å². The summed E-state index contributed by atoms with van der Waals surface area (Å²) in [5.74, 6) is 0. The number of fused-ring (bicyclic) bond motifs is 1. The topological polar surface area (TPSA) is 33.4 Å². The molecule has 4 rings (SSSR count). The summed E-state index contributed by atoms with van der Waals surface area (Å²) in [5, 5.41) is 2.08. The molecule has 0 unspecified atom stereocenters. The maximum atomic E-state index is 4.61. The second kappa shape index (κ2) is 5.52. The lowest BCUT2D eigenvalue weighted by Crippen LogP contribution is -2.10. The Kier molecular flexibility index (Phi) is 3.35. The van der Waals surface area contributed by atoms with Gasteiger partial charge in [0.1, 0.15) is 0 Å². The van der Waals surface area contributed by atoms with Crippen molar-refractivity contribution in [2.24, 2.45) is 0 Å². The molecule has 3 aromatic heterocycles. The minimum absolute atomic E-state index is 0.861. The second-order valence-corrected chi connectivity index (χ2v) is 6.48. The van der Waals surface area contributed by atoms with Crippen LogP contribution in [0.1, 0.15) is 0 Å². The Morgan fingerprint density at radius 2 is 1.87 bits per heavy atom. The number of anilines is 1. The average Bonchev–Trinajstić information content (AvgIpc) is 3.23. The fraction of sp³-hybridized carbons (Fsp3) is 0.111. The summed E-state index contributed by atoms with van der Waals surface area (Å²) in [5.41, 5.74) is 5.17. The van der Waals surface area contributed by atoms with Crippen molar-refractivity contribution in [3.05, 3.63) is 60.4 Å². The lowest BCUT2D eigenvalue weighted by molar-refractivity contribution is 1.11. The van der Waals surface area contributed by atoms with Gasteiger partial charge in [-0.05, 0) is 17.5 Å². The van der Waals surface area contributed by atoms with Crippen LogP contribution in [0.5, 0.6) is 0 Å². The molecule has 0 aliphatic heterocycles. The van der Waals surface area contributed by atoms with Gasteiger partial charge >= 0.3 is 0 Å².